The molecule has 0 amide bonds. The minimum Gasteiger partial charge on any atom is -0.468 e. The summed E-state index contributed by atoms with van der Waals surface area (Å²) in [5.74, 6) is 7.27. The highest BCUT2D eigenvalue weighted by Crippen LogP contribution is 2.26. The van der Waals surface area contributed by atoms with Crippen LogP contribution in [0.25, 0.3) is 0 Å². The Balaban J connectivity index is 1.45. The molecule has 0 atom stereocenters. The first-order valence-electron chi connectivity index (χ1n) is 8.37. The third-order valence-electron chi connectivity index (χ3n) is 4.49. The molecule has 0 aromatic carbocycles. The lowest BCUT2D eigenvalue weighted by molar-refractivity contribution is 0.167. The van der Waals surface area contributed by atoms with Gasteiger partial charge in [0.1, 0.15) is 5.76 Å². The zero-order valence-electron chi connectivity index (χ0n) is 14.1. The van der Waals surface area contributed by atoms with E-state index in [0.29, 0.717) is 6.61 Å². The molecule has 5 heteroatoms. The Kier molecular flexibility index (Phi) is 5.37. The highest BCUT2D eigenvalue weighted by molar-refractivity contribution is 6.03. The van der Waals surface area contributed by atoms with Gasteiger partial charge in [-0.25, -0.2) is 0 Å². The molecule has 0 saturated carbocycles. The topological polar surface area (TPSA) is 41.2 Å². The number of furan rings is 1. The summed E-state index contributed by atoms with van der Waals surface area (Å²) in [4.78, 5) is 10.1. The number of rotatable bonds is 3. The number of aryl methyl sites for hydroxylation is 2. The van der Waals surface area contributed by atoms with Gasteiger partial charge in [-0.2, -0.15) is 0 Å². The molecule has 0 spiro atoms. The van der Waals surface area contributed by atoms with Gasteiger partial charge in [0.15, 0.2) is 6.61 Å². The van der Waals surface area contributed by atoms with Gasteiger partial charge in [0.25, 0.3) is 0 Å². The molecule has 1 saturated heterocycles. The van der Waals surface area contributed by atoms with Gasteiger partial charge in [0.05, 0.1) is 18.5 Å². The van der Waals surface area contributed by atoms with Crippen LogP contribution in [0, 0.1) is 18.8 Å². The summed E-state index contributed by atoms with van der Waals surface area (Å²) in [7, 11) is 2.16. The third-order valence-corrected chi connectivity index (χ3v) is 4.49. The quantitative estimate of drug-likeness (QED) is 0.485. The fourth-order valence-electron chi connectivity index (χ4n) is 3.07. The number of nitrogens with zero attached hydrogens (tertiary/aromatic N) is 3. The van der Waals surface area contributed by atoms with E-state index in [-0.39, 0.29) is 0 Å². The van der Waals surface area contributed by atoms with E-state index in [1.54, 1.807) is 6.26 Å². The van der Waals surface area contributed by atoms with Gasteiger partial charge >= 0.3 is 0 Å². The van der Waals surface area contributed by atoms with Crippen molar-refractivity contribution in [3.63, 3.8) is 0 Å². The van der Waals surface area contributed by atoms with Crippen molar-refractivity contribution < 1.29 is 9.25 Å². The van der Waals surface area contributed by atoms with Crippen LogP contribution in [0.15, 0.2) is 15.8 Å². The molecule has 1 aliphatic heterocycles. The first-order valence-corrected chi connectivity index (χ1v) is 8.37. The van der Waals surface area contributed by atoms with Crippen molar-refractivity contribution in [2.75, 3.05) is 46.4 Å². The number of oxime groups is 1. The molecule has 124 valence electrons. The molecule has 1 aliphatic carbocycles. The minimum absolute atomic E-state index is 0.351. The van der Waals surface area contributed by atoms with E-state index >= 15 is 0 Å². The molecule has 0 unspecified atom stereocenters. The standard InChI is InChI=1S/C18H25N3O2/c1-15-14-22-17-7-5-6-16(18(15)17)19-23-13-4-3-8-21-11-9-20(2)10-12-21/h14H,5-13H2,1-2H3/b19-16+. The lowest BCUT2D eigenvalue weighted by atomic mass is 9.94. The maximum Gasteiger partial charge on any atom is 0.177 e. The van der Waals surface area contributed by atoms with Gasteiger partial charge in [0, 0.05) is 38.2 Å². The van der Waals surface area contributed by atoms with Crippen LogP contribution in [-0.2, 0) is 11.3 Å². The monoisotopic (exact) mass is 315 g/mol. The van der Waals surface area contributed by atoms with E-state index < -0.39 is 0 Å². The lowest BCUT2D eigenvalue weighted by Crippen LogP contribution is -2.44. The predicted octanol–water partition coefficient (Wildman–Crippen LogP) is 1.90. The van der Waals surface area contributed by atoms with Crippen molar-refractivity contribution >= 4 is 5.71 Å². The summed E-state index contributed by atoms with van der Waals surface area (Å²) in [6, 6.07) is 0. The number of likely N-dealkylation sites (N-methyl/N-ethyl adjacent to an activating group) is 1. The fraction of sp³-hybridized carbons (Fsp3) is 0.611. The van der Waals surface area contributed by atoms with E-state index in [2.05, 4.69) is 40.8 Å². The van der Waals surface area contributed by atoms with Gasteiger partial charge in [0.2, 0.25) is 0 Å². The zero-order valence-corrected chi connectivity index (χ0v) is 14.1. The molecule has 0 bridgehead atoms. The SMILES string of the molecule is Cc1coc2c1/C(=N/OCC#CCN1CCN(C)CC1)CCC2. The zero-order chi connectivity index (χ0) is 16.1. The smallest absolute Gasteiger partial charge is 0.177 e. The number of hydrogen-bond acceptors (Lipinski definition) is 5. The summed E-state index contributed by atoms with van der Waals surface area (Å²) in [6.07, 6.45) is 4.81. The Morgan fingerprint density at radius 3 is 2.87 bits per heavy atom. The maximum absolute atomic E-state index is 5.56. The van der Waals surface area contributed by atoms with Crippen molar-refractivity contribution in [1.29, 1.82) is 0 Å². The molecule has 3 rings (SSSR count). The summed E-state index contributed by atoms with van der Waals surface area (Å²) in [5.41, 5.74) is 3.28. The van der Waals surface area contributed by atoms with Gasteiger partial charge in [-0.05, 0) is 32.4 Å². The Morgan fingerprint density at radius 1 is 1.22 bits per heavy atom. The van der Waals surface area contributed by atoms with E-state index in [9.17, 15) is 0 Å². The van der Waals surface area contributed by atoms with E-state index in [1.165, 1.54) is 0 Å². The Labute approximate surface area is 138 Å². The van der Waals surface area contributed by atoms with Crippen LogP contribution in [0.3, 0.4) is 0 Å². The van der Waals surface area contributed by atoms with E-state index in [1.807, 2.05) is 0 Å². The number of fused-ring (bicyclic) bond motifs is 1. The molecule has 1 aromatic rings. The normalized spacial score (nSPS) is 20.9. The summed E-state index contributed by atoms with van der Waals surface area (Å²) in [5, 5.41) is 4.29. The van der Waals surface area contributed by atoms with Gasteiger partial charge in [-0.1, -0.05) is 17.0 Å². The fourth-order valence-corrected chi connectivity index (χ4v) is 3.07. The average Bonchev–Trinajstić information content (AvgIpc) is 2.95. The van der Waals surface area contributed by atoms with Crippen molar-refractivity contribution in [3.05, 3.63) is 23.2 Å². The van der Waals surface area contributed by atoms with Gasteiger partial charge < -0.3 is 14.2 Å². The van der Waals surface area contributed by atoms with Crippen LogP contribution in [0.4, 0.5) is 0 Å². The van der Waals surface area contributed by atoms with Crippen LogP contribution in [0.1, 0.15) is 29.7 Å². The number of hydrogen-bond donors (Lipinski definition) is 0. The molecule has 0 radical (unpaired) electrons. The number of piperazine rings is 1. The predicted molar refractivity (Wildman–Crippen MR) is 90.6 cm³/mol. The van der Waals surface area contributed by atoms with E-state index in [4.69, 9.17) is 9.25 Å². The van der Waals surface area contributed by atoms with E-state index in [0.717, 1.165) is 74.6 Å². The molecule has 1 aromatic heterocycles. The molecule has 1 fully saturated rings. The molecule has 2 heterocycles. The Bertz CT molecular complexity index is 616. The molecule has 2 aliphatic rings. The van der Waals surface area contributed by atoms with Gasteiger partial charge in [-0.3, -0.25) is 4.90 Å². The maximum atomic E-state index is 5.56. The Morgan fingerprint density at radius 2 is 2.04 bits per heavy atom. The third kappa shape index (κ3) is 4.15. The lowest BCUT2D eigenvalue weighted by Gasteiger charge is -2.30. The Hall–Kier alpha value is -1.77. The van der Waals surface area contributed by atoms with Crippen LogP contribution in [-0.4, -0.2) is 61.9 Å². The molecular formula is C18H25N3O2. The molecule has 23 heavy (non-hydrogen) atoms. The van der Waals surface area contributed by atoms with Crippen LogP contribution < -0.4 is 0 Å². The minimum atomic E-state index is 0.351. The molecular weight excluding hydrogens is 290 g/mol. The average molecular weight is 315 g/mol. The van der Waals surface area contributed by atoms with Gasteiger partial charge in [-0.15, -0.1) is 0 Å². The second kappa shape index (κ2) is 7.67. The van der Waals surface area contributed by atoms with Crippen molar-refractivity contribution in [3.8, 4) is 11.8 Å². The second-order valence-corrected chi connectivity index (χ2v) is 6.31. The summed E-state index contributed by atoms with van der Waals surface area (Å²) >= 11 is 0. The first-order chi connectivity index (χ1) is 11.2. The first kappa shape index (κ1) is 16.1. The highest BCUT2D eigenvalue weighted by atomic mass is 16.6. The van der Waals surface area contributed by atoms with Crippen molar-refractivity contribution in [1.82, 2.24) is 9.80 Å². The van der Waals surface area contributed by atoms with Crippen LogP contribution >= 0.6 is 0 Å². The van der Waals surface area contributed by atoms with Crippen LogP contribution in [0.5, 0.6) is 0 Å². The van der Waals surface area contributed by atoms with Crippen LogP contribution in [0.2, 0.25) is 0 Å². The second-order valence-electron chi connectivity index (χ2n) is 6.31. The largest absolute Gasteiger partial charge is 0.468 e. The highest BCUT2D eigenvalue weighted by Gasteiger charge is 2.21. The molecule has 5 nitrogen and oxygen atoms in total. The summed E-state index contributed by atoms with van der Waals surface area (Å²) in [6.45, 7) is 7.66. The summed E-state index contributed by atoms with van der Waals surface area (Å²) < 4.78 is 5.56. The molecule has 0 N–H and O–H groups in total. The van der Waals surface area contributed by atoms with Crippen molar-refractivity contribution in [2.45, 2.75) is 26.2 Å². The van der Waals surface area contributed by atoms with Crippen molar-refractivity contribution in [2.24, 2.45) is 5.16 Å².